The largest absolute Gasteiger partial charge is 0.573 e. The number of pyridine rings is 1. The van der Waals surface area contributed by atoms with Gasteiger partial charge in [0, 0.05) is 19.0 Å². The summed E-state index contributed by atoms with van der Waals surface area (Å²) in [6.07, 6.45) is 2.14. The summed E-state index contributed by atoms with van der Waals surface area (Å²) in [7, 11) is 0. The fourth-order valence-electron chi connectivity index (χ4n) is 2.53. The smallest absolute Gasteiger partial charge is 0.404 e. The number of hydrogen-bond acceptors (Lipinski definition) is 4. The molecule has 0 spiro atoms. The number of halogens is 3. The number of ether oxygens (including phenoxy) is 1. The van der Waals surface area contributed by atoms with Gasteiger partial charge in [0.05, 0.1) is 6.20 Å². The molecule has 1 aliphatic rings. The van der Waals surface area contributed by atoms with Gasteiger partial charge in [-0.15, -0.1) is 13.2 Å². The van der Waals surface area contributed by atoms with Gasteiger partial charge < -0.3 is 15.4 Å². The first-order valence-electron chi connectivity index (χ1n) is 7.67. The van der Waals surface area contributed by atoms with E-state index in [1.54, 1.807) is 0 Å². The summed E-state index contributed by atoms with van der Waals surface area (Å²) in [6.45, 7) is 0.366. The highest BCUT2D eigenvalue weighted by atomic mass is 19.4. The predicted octanol–water partition coefficient (Wildman–Crippen LogP) is 3.23. The van der Waals surface area contributed by atoms with E-state index in [1.807, 2.05) is 0 Å². The number of aromatic nitrogens is 1. The second-order valence-electron chi connectivity index (χ2n) is 5.51. The molecule has 1 amide bonds. The Balaban J connectivity index is 1.68. The molecule has 0 aliphatic heterocycles. The van der Waals surface area contributed by atoms with Crippen molar-refractivity contribution in [2.24, 2.45) is 0 Å². The Morgan fingerprint density at radius 3 is 2.61 bits per heavy atom. The number of nitrogens with zero attached hydrogens (tertiary/aromatic N) is 1. The molecule has 1 saturated carbocycles. The van der Waals surface area contributed by atoms with Crippen LogP contribution in [0.5, 0.6) is 5.75 Å². The van der Waals surface area contributed by atoms with E-state index in [9.17, 15) is 18.0 Å². The minimum atomic E-state index is -4.73. The molecule has 128 valence electrons. The molecule has 1 aromatic heterocycles. The van der Waals surface area contributed by atoms with Gasteiger partial charge in [-0.1, -0.05) is 19.3 Å². The molecule has 0 radical (unpaired) electrons. The first-order chi connectivity index (χ1) is 10.9. The molecule has 0 aromatic carbocycles. The molecule has 2 N–H and O–H groups in total. The molecule has 23 heavy (non-hydrogen) atoms. The average Bonchev–Trinajstić information content (AvgIpc) is 2.48. The summed E-state index contributed by atoms with van der Waals surface area (Å²) >= 11 is 0. The fourth-order valence-corrected chi connectivity index (χ4v) is 2.53. The zero-order chi connectivity index (χ0) is 16.7. The number of alkyl halides is 3. The summed E-state index contributed by atoms with van der Waals surface area (Å²) in [5.74, 6) is -0.00972. The van der Waals surface area contributed by atoms with Crippen molar-refractivity contribution in [2.45, 2.75) is 50.9 Å². The monoisotopic (exact) mass is 331 g/mol. The van der Waals surface area contributed by atoms with Gasteiger partial charge in [-0.3, -0.25) is 4.79 Å². The van der Waals surface area contributed by atoms with Gasteiger partial charge in [-0.05, 0) is 25.0 Å². The van der Waals surface area contributed by atoms with Crippen LogP contribution in [0.4, 0.5) is 19.0 Å². The molecule has 1 heterocycles. The van der Waals surface area contributed by atoms with Crippen molar-refractivity contribution < 1.29 is 22.7 Å². The summed E-state index contributed by atoms with van der Waals surface area (Å²) in [5.41, 5.74) is 0. The minimum Gasteiger partial charge on any atom is -0.404 e. The van der Waals surface area contributed by atoms with Crippen LogP contribution in [0.2, 0.25) is 0 Å². The van der Waals surface area contributed by atoms with Crippen LogP contribution in [0.25, 0.3) is 0 Å². The van der Waals surface area contributed by atoms with Crippen molar-refractivity contribution in [1.29, 1.82) is 0 Å². The number of hydrogen-bond donors (Lipinski definition) is 2. The Kier molecular flexibility index (Phi) is 6.06. The molecular weight excluding hydrogens is 311 g/mol. The number of rotatable bonds is 6. The predicted molar refractivity (Wildman–Crippen MR) is 79.0 cm³/mol. The van der Waals surface area contributed by atoms with E-state index in [2.05, 4.69) is 20.4 Å². The highest BCUT2D eigenvalue weighted by Crippen LogP contribution is 2.22. The van der Waals surface area contributed by atoms with Gasteiger partial charge in [0.15, 0.2) is 0 Å². The van der Waals surface area contributed by atoms with Gasteiger partial charge >= 0.3 is 6.36 Å². The van der Waals surface area contributed by atoms with Crippen LogP contribution in [0.1, 0.15) is 38.5 Å². The van der Waals surface area contributed by atoms with Crippen molar-refractivity contribution in [2.75, 3.05) is 11.9 Å². The van der Waals surface area contributed by atoms with Crippen molar-refractivity contribution in [1.82, 2.24) is 10.3 Å². The lowest BCUT2D eigenvalue weighted by Crippen LogP contribution is -2.36. The third-order valence-electron chi connectivity index (χ3n) is 3.60. The molecule has 1 aliphatic carbocycles. The van der Waals surface area contributed by atoms with E-state index in [0.29, 0.717) is 18.8 Å². The zero-order valence-electron chi connectivity index (χ0n) is 12.7. The first-order valence-corrected chi connectivity index (χ1v) is 7.67. The highest BCUT2D eigenvalue weighted by Gasteiger charge is 2.31. The topological polar surface area (TPSA) is 63.2 Å². The Hall–Kier alpha value is -1.99. The summed E-state index contributed by atoms with van der Waals surface area (Å²) < 4.78 is 39.8. The second-order valence-corrected chi connectivity index (χ2v) is 5.51. The Morgan fingerprint density at radius 2 is 2.00 bits per heavy atom. The van der Waals surface area contributed by atoms with E-state index in [1.165, 1.54) is 18.6 Å². The van der Waals surface area contributed by atoms with Gasteiger partial charge in [0.1, 0.15) is 11.6 Å². The lowest BCUT2D eigenvalue weighted by Gasteiger charge is -2.22. The first kappa shape index (κ1) is 17.4. The maximum atomic E-state index is 12.0. The van der Waals surface area contributed by atoms with Crippen LogP contribution in [0.15, 0.2) is 18.3 Å². The standard InChI is InChI=1S/C15H20F3N3O2/c16-15(17,18)23-12-6-7-13(20-10-12)19-9-8-14(22)21-11-4-2-1-3-5-11/h6-7,10-11H,1-5,8-9H2,(H,19,20)(H,21,22). The van der Waals surface area contributed by atoms with Crippen molar-refractivity contribution >= 4 is 11.7 Å². The van der Waals surface area contributed by atoms with Crippen LogP contribution < -0.4 is 15.4 Å². The SMILES string of the molecule is O=C(CCNc1ccc(OC(F)(F)F)cn1)NC1CCCCC1. The molecule has 0 unspecified atom stereocenters. The van der Waals surface area contributed by atoms with Crippen LogP contribution in [-0.4, -0.2) is 29.8 Å². The van der Waals surface area contributed by atoms with Crippen LogP contribution in [-0.2, 0) is 4.79 Å². The molecule has 8 heteroatoms. The maximum Gasteiger partial charge on any atom is 0.573 e. The zero-order valence-corrected chi connectivity index (χ0v) is 12.7. The van der Waals surface area contributed by atoms with E-state index in [0.717, 1.165) is 31.9 Å². The second kappa shape index (κ2) is 8.03. The number of carbonyl (C=O) groups excluding carboxylic acids is 1. The van der Waals surface area contributed by atoms with Gasteiger partial charge in [0.2, 0.25) is 5.91 Å². The van der Waals surface area contributed by atoms with Gasteiger partial charge in [-0.2, -0.15) is 0 Å². The average molecular weight is 331 g/mol. The lowest BCUT2D eigenvalue weighted by atomic mass is 9.95. The quantitative estimate of drug-likeness (QED) is 0.840. The normalized spacial score (nSPS) is 16.0. The number of amides is 1. The number of nitrogens with one attached hydrogen (secondary N) is 2. The maximum absolute atomic E-state index is 12.0. The van der Waals surface area contributed by atoms with Gasteiger partial charge in [-0.25, -0.2) is 4.98 Å². The van der Waals surface area contributed by atoms with Crippen LogP contribution >= 0.6 is 0 Å². The van der Waals surface area contributed by atoms with Crippen molar-refractivity contribution in [3.8, 4) is 5.75 Å². The Labute approximate surface area is 132 Å². The van der Waals surface area contributed by atoms with Crippen molar-refractivity contribution in [3.05, 3.63) is 18.3 Å². The molecular formula is C15H20F3N3O2. The fraction of sp³-hybridized carbons (Fsp3) is 0.600. The van der Waals surface area contributed by atoms with E-state index >= 15 is 0 Å². The van der Waals surface area contributed by atoms with E-state index < -0.39 is 6.36 Å². The van der Waals surface area contributed by atoms with Crippen LogP contribution in [0.3, 0.4) is 0 Å². The third-order valence-corrected chi connectivity index (χ3v) is 3.60. The van der Waals surface area contributed by atoms with Gasteiger partial charge in [0.25, 0.3) is 0 Å². The third kappa shape index (κ3) is 6.75. The van der Waals surface area contributed by atoms with Crippen molar-refractivity contribution in [3.63, 3.8) is 0 Å². The molecule has 1 fully saturated rings. The minimum absolute atomic E-state index is 0.0265. The molecule has 0 bridgehead atoms. The Morgan fingerprint density at radius 1 is 1.26 bits per heavy atom. The Bertz CT molecular complexity index is 500. The van der Waals surface area contributed by atoms with E-state index in [4.69, 9.17) is 0 Å². The number of carbonyl (C=O) groups is 1. The summed E-state index contributed by atoms with van der Waals surface area (Å²) in [6, 6.07) is 2.82. The lowest BCUT2D eigenvalue weighted by molar-refractivity contribution is -0.274. The summed E-state index contributed by atoms with van der Waals surface area (Å²) in [4.78, 5) is 15.6. The molecule has 2 rings (SSSR count). The molecule has 0 atom stereocenters. The van der Waals surface area contributed by atoms with E-state index in [-0.39, 0.29) is 17.7 Å². The molecule has 5 nitrogen and oxygen atoms in total. The molecule has 1 aromatic rings. The van der Waals surface area contributed by atoms with Crippen LogP contribution in [0, 0.1) is 0 Å². The number of anilines is 1. The highest BCUT2D eigenvalue weighted by molar-refractivity contribution is 5.76. The summed E-state index contributed by atoms with van der Waals surface area (Å²) in [5, 5.41) is 5.89. The molecule has 0 saturated heterocycles.